The van der Waals surface area contributed by atoms with E-state index < -0.39 is 0 Å². The summed E-state index contributed by atoms with van der Waals surface area (Å²) < 4.78 is 16.5. The molecule has 2 aliphatic rings. The second kappa shape index (κ2) is 18.6. The zero-order valence-corrected chi connectivity index (χ0v) is 23.8. The first-order valence-corrected chi connectivity index (χ1v) is 15.1. The number of aldehydes is 1. The molecule has 12 heteroatoms. The lowest BCUT2D eigenvalue weighted by molar-refractivity contribution is -0.121. The average Bonchev–Trinajstić information content (AvgIpc) is 3.52. The number of amides is 4. The molecule has 1 aromatic rings. The zero-order valence-electron chi connectivity index (χ0n) is 23.0. The summed E-state index contributed by atoms with van der Waals surface area (Å²) in [5.74, 6) is 0.823. The van der Waals surface area contributed by atoms with Crippen LogP contribution in [-0.2, 0) is 19.0 Å². The minimum atomic E-state index is -0.211. The first-order valence-electron chi connectivity index (χ1n) is 14.1. The molecule has 0 spiro atoms. The van der Waals surface area contributed by atoms with E-state index in [1.165, 1.54) is 0 Å². The van der Waals surface area contributed by atoms with Crippen LogP contribution < -0.4 is 21.3 Å². The third-order valence-electron chi connectivity index (χ3n) is 6.65. The van der Waals surface area contributed by atoms with Crippen molar-refractivity contribution >= 4 is 35.9 Å². The largest absolute Gasteiger partial charge is 0.379 e. The Labute approximate surface area is 240 Å². The third kappa shape index (κ3) is 11.8. The number of rotatable bonds is 21. The molecule has 222 valence electrons. The topological polar surface area (TPSA) is 144 Å². The van der Waals surface area contributed by atoms with E-state index >= 15 is 0 Å². The predicted molar refractivity (Wildman–Crippen MR) is 153 cm³/mol. The molecule has 0 bridgehead atoms. The Kier molecular flexibility index (Phi) is 14.8. The summed E-state index contributed by atoms with van der Waals surface area (Å²) in [5.41, 5.74) is 0.936. The fourth-order valence-electron chi connectivity index (χ4n) is 4.54. The van der Waals surface area contributed by atoms with Gasteiger partial charge in [0.1, 0.15) is 6.29 Å². The van der Waals surface area contributed by atoms with Crippen molar-refractivity contribution in [2.75, 3.05) is 58.5 Å². The number of ether oxygens (including phenoxy) is 3. The summed E-state index contributed by atoms with van der Waals surface area (Å²) in [7, 11) is 0. The molecule has 2 heterocycles. The summed E-state index contributed by atoms with van der Waals surface area (Å²) in [5, 5.41) is 12.1. The van der Waals surface area contributed by atoms with E-state index in [-0.39, 0.29) is 29.9 Å². The van der Waals surface area contributed by atoms with Gasteiger partial charge < -0.3 is 35.5 Å². The summed E-state index contributed by atoms with van der Waals surface area (Å²) in [6.45, 7) is 4.06. The van der Waals surface area contributed by atoms with Gasteiger partial charge in [-0.1, -0.05) is 18.6 Å². The highest BCUT2D eigenvalue weighted by Crippen LogP contribution is 2.33. The molecule has 0 aliphatic carbocycles. The van der Waals surface area contributed by atoms with Gasteiger partial charge in [-0.05, 0) is 37.8 Å². The number of hydrogen-bond acceptors (Lipinski definition) is 8. The second-order valence-electron chi connectivity index (χ2n) is 9.76. The number of carbonyl (C=O) groups is 4. The normalized spacial score (nSPS) is 19.5. The molecule has 1 aromatic carbocycles. The Morgan fingerprint density at radius 1 is 0.925 bits per heavy atom. The lowest BCUT2D eigenvalue weighted by Gasteiger charge is -2.16. The van der Waals surface area contributed by atoms with Crippen molar-refractivity contribution in [1.82, 2.24) is 21.3 Å². The number of hydrogen-bond donors (Lipinski definition) is 4. The van der Waals surface area contributed by atoms with Crippen molar-refractivity contribution in [2.45, 2.75) is 55.9 Å². The average molecular weight is 579 g/mol. The number of thioether (sulfide) groups is 1. The van der Waals surface area contributed by atoms with E-state index in [9.17, 15) is 19.2 Å². The smallest absolute Gasteiger partial charge is 0.315 e. The highest BCUT2D eigenvalue weighted by molar-refractivity contribution is 8.00. The molecule has 11 nitrogen and oxygen atoms in total. The van der Waals surface area contributed by atoms with Gasteiger partial charge in [0.2, 0.25) is 5.91 Å². The zero-order chi connectivity index (χ0) is 28.4. The van der Waals surface area contributed by atoms with Crippen LogP contribution >= 0.6 is 11.8 Å². The molecule has 0 aromatic heterocycles. The summed E-state index contributed by atoms with van der Waals surface area (Å²) >= 11 is 1.90. The van der Waals surface area contributed by atoms with Gasteiger partial charge in [-0.2, -0.15) is 11.8 Å². The van der Waals surface area contributed by atoms with Crippen LogP contribution in [0.15, 0.2) is 24.3 Å². The molecule has 2 saturated heterocycles. The summed E-state index contributed by atoms with van der Waals surface area (Å²) in [6.07, 6.45) is 5.53. The Morgan fingerprint density at radius 3 is 2.35 bits per heavy atom. The van der Waals surface area contributed by atoms with Gasteiger partial charge in [0.05, 0.1) is 38.5 Å². The Balaban J connectivity index is 1.02. The lowest BCUT2D eigenvalue weighted by atomic mass is 10.0. The number of benzene rings is 1. The van der Waals surface area contributed by atoms with Crippen molar-refractivity contribution in [3.05, 3.63) is 35.4 Å². The van der Waals surface area contributed by atoms with E-state index in [4.69, 9.17) is 14.2 Å². The Hall–Kier alpha value is -2.67. The van der Waals surface area contributed by atoms with Crippen LogP contribution in [0.1, 0.15) is 59.2 Å². The van der Waals surface area contributed by atoms with E-state index in [1.807, 2.05) is 11.8 Å². The summed E-state index contributed by atoms with van der Waals surface area (Å²) in [6, 6.07) is 6.98. The van der Waals surface area contributed by atoms with E-state index in [2.05, 4.69) is 21.3 Å². The van der Waals surface area contributed by atoms with Crippen molar-refractivity contribution < 1.29 is 33.4 Å². The molecule has 3 rings (SSSR count). The van der Waals surface area contributed by atoms with Crippen LogP contribution in [0.25, 0.3) is 0 Å². The maximum absolute atomic E-state index is 12.1. The van der Waals surface area contributed by atoms with E-state index in [1.54, 1.807) is 24.3 Å². The maximum atomic E-state index is 12.1. The molecule has 40 heavy (non-hydrogen) atoms. The third-order valence-corrected chi connectivity index (χ3v) is 8.16. The van der Waals surface area contributed by atoms with Crippen molar-refractivity contribution in [3.63, 3.8) is 0 Å². The first kappa shape index (κ1) is 31.9. The van der Waals surface area contributed by atoms with Gasteiger partial charge in [0.15, 0.2) is 0 Å². The lowest BCUT2D eigenvalue weighted by Crippen LogP contribution is -2.36. The van der Waals surface area contributed by atoms with E-state index in [0.29, 0.717) is 88.2 Å². The van der Waals surface area contributed by atoms with Gasteiger partial charge in [-0.15, -0.1) is 0 Å². The number of carbonyl (C=O) groups excluding carboxylic acids is 4. The molecule has 3 atom stereocenters. The van der Waals surface area contributed by atoms with Crippen LogP contribution in [0.4, 0.5) is 4.79 Å². The molecular formula is C28H42N4O7S. The Bertz CT molecular complexity index is 951. The predicted octanol–water partition coefficient (Wildman–Crippen LogP) is 1.90. The highest BCUT2D eigenvalue weighted by atomic mass is 32.2. The maximum Gasteiger partial charge on any atom is 0.315 e. The van der Waals surface area contributed by atoms with Crippen LogP contribution in [0.5, 0.6) is 0 Å². The Morgan fingerprint density at radius 2 is 1.62 bits per heavy atom. The van der Waals surface area contributed by atoms with Gasteiger partial charge in [-0.25, -0.2) is 4.79 Å². The fraction of sp³-hybridized carbons (Fsp3) is 0.643. The number of urea groups is 1. The molecule has 3 unspecified atom stereocenters. The molecule has 0 radical (unpaired) electrons. The summed E-state index contributed by atoms with van der Waals surface area (Å²) in [4.78, 5) is 46.3. The van der Waals surface area contributed by atoms with Gasteiger partial charge >= 0.3 is 6.03 Å². The van der Waals surface area contributed by atoms with Crippen LogP contribution in [0, 0.1) is 0 Å². The fourth-order valence-corrected chi connectivity index (χ4v) is 6.08. The van der Waals surface area contributed by atoms with Gasteiger partial charge in [0.25, 0.3) is 5.91 Å². The number of nitrogens with one attached hydrogen (secondary N) is 4. The van der Waals surface area contributed by atoms with Gasteiger partial charge in [-0.3, -0.25) is 14.4 Å². The number of fused-ring (bicyclic) bond motifs is 1. The standard InChI is InChI=1S/C28H42N4O7S/c33-19-21-6-3-7-22(18-21)27(35)30-11-5-13-38-15-17-39-16-14-37-12-4-10-29-25(34)9-2-1-8-24-26-23(20-40-24)31-28(36)32-26/h3,6-7,18-19,23-24,26H,1-2,4-5,8-17,20H2,(H,29,34)(H,30,35)(H2,31,32,36). The van der Waals surface area contributed by atoms with Crippen LogP contribution in [0.3, 0.4) is 0 Å². The van der Waals surface area contributed by atoms with E-state index in [0.717, 1.165) is 31.4 Å². The number of unbranched alkanes of at least 4 members (excludes halogenated alkanes) is 1. The molecule has 2 aliphatic heterocycles. The second-order valence-corrected chi connectivity index (χ2v) is 11.0. The first-order chi connectivity index (χ1) is 19.6. The minimum Gasteiger partial charge on any atom is -0.379 e. The van der Waals surface area contributed by atoms with Crippen molar-refractivity contribution in [3.8, 4) is 0 Å². The molecule has 0 saturated carbocycles. The molecule has 4 N–H and O–H groups in total. The molecule has 4 amide bonds. The minimum absolute atomic E-state index is 0.0598. The molecular weight excluding hydrogens is 536 g/mol. The molecule has 2 fully saturated rings. The monoisotopic (exact) mass is 578 g/mol. The van der Waals surface area contributed by atoms with Crippen LogP contribution in [-0.4, -0.2) is 99.9 Å². The van der Waals surface area contributed by atoms with Crippen molar-refractivity contribution in [1.29, 1.82) is 0 Å². The van der Waals surface area contributed by atoms with Gasteiger partial charge in [0, 0.05) is 54.9 Å². The van der Waals surface area contributed by atoms with Crippen molar-refractivity contribution in [2.24, 2.45) is 0 Å². The SMILES string of the molecule is O=Cc1cccc(C(=O)NCCCOCCOCCOCCCNC(=O)CCCCC2SCC3NC(=O)NC32)c1. The highest BCUT2D eigenvalue weighted by Gasteiger charge is 2.42. The quantitative estimate of drug-likeness (QED) is 0.0984. The van der Waals surface area contributed by atoms with Crippen LogP contribution in [0.2, 0.25) is 0 Å².